The van der Waals surface area contributed by atoms with E-state index < -0.39 is 0 Å². The van der Waals surface area contributed by atoms with E-state index >= 15 is 0 Å². The minimum Gasteiger partial charge on any atom is -0.352 e. The van der Waals surface area contributed by atoms with Gasteiger partial charge in [0.2, 0.25) is 0 Å². The van der Waals surface area contributed by atoms with E-state index in [-0.39, 0.29) is 35.2 Å². The smallest absolute Gasteiger partial charge is 0.259 e. The van der Waals surface area contributed by atoms with Crippen molar-refractivity contribution in [2.24, 2.45) is 14.1 Å². The topological polar surface area (TPSA) is 188 Å². The molecule has 3 N–H and O–H groups in total. The van der Waals surface area contributed by atoms with Crippen molar-refractivity contribution in [1.29, 1.82) is 0 Å². The number of aromatic amines is 1. The van der Waals surface area contributed by atoms with Crippen LogP contribution >= 0.6 is 0 Å². The predicted molar refractivity (Wildman–Crippen MR) is 272 cm³/mol. The second-order valence-electron chi connectivity index (χ2n) is 16.7. The van der Waals surface area contributed by atoms with Crippen molar-refractivity contribution in [1.82, 2.24) is 49.6 Å². The van der Waals surface area contributed by atoms with E-state index in [0.29, 0.717) is 34.1 Å². The second-order valence-corrected chi connectivity index (χ2v) is 16.7. The number of hydrogen-bond acceptors (Lipinski definition) is 11. The number of H-pyrrole nitrogens is 1. The SMILES string of the molecule is CN(C(=O)c1ccc(F)cc1)c1nn(C)cc1-c1ccncc1.CN1CCN(c2n[nH]c(NC(=O)c3ccc(F)cc3)c2-c2ccncc2)CC1.Cn1cc(-c2ccncc2)c(NC(=O)c2ccc(F)cc2)n1. The van der Waals surface area contributed by atoms with Crippen LogP contribution in [-0.4, -0.2) is 108 Å². The summed E-state index contributed by atoms with van der Waals surface area (Å²) in [5.74, 6) is 0.232. The number of carbonyl (C=O) groups excluding carboxylic acids is 3. The number of aryl methyl sites for hydroxylation is 2. The van der Waals surface area contributed by atoms with Gasteiger partial charge >= 0.3 is 0 Å². The summed E-state index contributed by atoms with van der Waals surface area (Å²) < 4.78 is 42.3. The van der Waals surface area contributed by atoms with Crippen molar-refractivity contribution >= 4 is 41.0 Å². The number of amides is 3. The lowest BCUT2D eigenvalue weighted by atomic mass is 10.1. The summed E-state index contributed by atoms with van der Waals surface area (Å²) in [5, 5.41) is 21.7. The third kappa shape index (κ3) is 12.5. The van der Waals surface area contributed by atoms with Gasteiger partial charge in [0.1, 0.15) is 23.3 Å². The molecule has 0 atom stereocenters. The first kappa shape index (κ1) is 50.1. The molecule has 9 aromatic rings. The summed E-state index contributed by atoms with van der Waals surface area (Å²) in [6.07, 6.45) is 13.8. The Morgan fingerprint density at radius 3 is 1.51 bits per heavy atom. The fourth-order valence-corrected chi connectivity index (χ4v) is 7.70. The second kappa shape index (κ2) is 23.1. The first-order valence-electron chi connectivity index (χ1n) is 22.8. The number of pyridine rings is 3. The minimum atomic E-state index is -0.383. The number of hydrogen-bond donors (Lipinski definition) is 3. The van der Waals surface area contributed by atoms with E-state index in [0.717, 1.165) is 65.4 Å². The number of rotatable bonds is 10. The molecule has 20 heteroatoms. The Kier molecular flexibility index (Phi) is 15.8. The Morgan fingerprint density at radius 2 is 0.986 bits per heavy atom. The van der Waals surface area contributed by atoms with Crippen LogP contribution in [0.4, 0.5) is 36.4 Å². The third-order valence-electron chi connectivity index (χ3n) is 11.5. The molecule has 73 heavy (non-hydrogen) atoms. The molecule has 0 spiro atoms. The fraction of sp³-hybridized carbons (Fsp3) is 0.151. The molecule has 0 saturated carbocycles. The van der Waals surface area contributed by atoms with Crippen LogP contribution < -0.4 is 20.4 Å². The molecule has 0 aliphatic carbocycles. The van der Waals surface area contributed by atoms with Gasteiger partial charge in [0, 0.05) is 125 Å². The molecule has 0 radical (unpaired) electrons. The van der Waals surface area contributed by atoms with Crippen molar-refractivity contribution in [2.75, 3.05) is 60.7 Å². The Bertz CT molecular complexity index is 3270. The van der Waals surface area contributed by atoms with Crippen LogP contribution in [0.2, 0.25) is 0 Å². The van der Waals surface area contributed by atoms with Gasteiger partial charge < -0.3 is 20.4 Å². The van der Waals surface area contributed by atoms with Gasteiger partial charge in [-0.15, -0.1) is 0 Å². The maximum Gasteiger partial charge on any atom is 0.259 e. The van der Waals surface area contributed by atoms with Gasteiger partial charge in [0.25, 0.3) is 17.7 Å². The van der Waals surface area contributed by atoms with Gasteiger partial charge in [-0.05, 0) is 133 Å². The number of likely N-dealkylation sites (N-methyl/N-ethyl adjacent to an activating group) is 1. The minimum absolute atomic E-state index is 0.251. The zero-order chi connectivity index (χ0) is 51.4. The number of carbonyl (C=O) groups is 3. The quantitative estimate of drug-likeness (QED) is 0.119. The number of benzene rings is 3. The van der Waals surface area contributed by atoms with E-state index in [4.69, 9.17) is 0 Å². The number of nitrogens with zero attached hydrogens (tertiary/aromatic N) is 11. The molecule has 17 nitrogen and oxygen atoms in total. The average molecular weight is 987 g/mol. The van der Waals surface area contributed by atoms with Crippen molar-refractivity contribution in [3.05, 3.63) is 193 Å². The van der Waals surface area contributed by atoms with E-state index in [1.807, 2.05) is 48.8 Å². The molecule has 3 amide bonds. The maximum atomic E-state index is 13.1. The van der Waals surface area contributed by atoms with E-state index in [2.05, 4.69) is 62.8 Å². The van der Waals surface area contributed by atoms with Crippen LogP contribution in [0.1, 0.15) is 31.1 Å². The van der Waals surface area contributed by atoms with E-state index in [9.17, 15) is 27.6 Å². The van der Waals surface area contributed by atoms with Crippen LogP contribution in [0.25, 0.3) is 33.4 Å². The molecule has 0 unspecified atom stereocenters. The van der Waals surface area contributed by atoms with E-state index in [1.165, 1.54) is 77.7 Å². The Balaban J connectivity index is 0.000000148. The number of nitrogens with one attached hydrogen (secondary N) is 3. The molecule has 1 aliphatic heterocycles. The van der Waals surface area contributed by atoms with Crippen LogP contribution in [0.3, 0.4) is 0 Å². The van der Waals surface area contributed by atoms with Crippen molar-refractivity contribution in [3.63, 3.8) is 0 Å². The highest BCUT2D eigenvalue weighted by molar-refractivity contribution is 6.08. The van der Waals surface area contributed by atoms with Crippen LogP contribution in [-0.2, 0) is 14.1 Å². The summed E-state index contributed by atoms with van der Waals surface area (Å²) in [5.41, 5.74) is 6.31. The molecule has 7 heterocycles. The molecular formula is C53H49F3N14O3. The largest absolute Gasteiger partial charge is 0.352 e. The summed E-state index contributed by atoms with van der Waals surface area (Å²) in [6.45, 7) is 3.59. The predicted octanol–water partition coefficient (Wildman–Crippen LogP) is 8.39. The first-order chi connectivity index (χ1) is 35.3. The summed E-state index contributed by atoms with van der Waals surface area (Å²) in [4.78, 5) is 55.4. The third-order valence-corrected chi connectivity index (χ3v) is 11.5. The number of piperazine rings is 1. The number of anilines is 4. The molecule has 370 valence electrons. The highest BCUT2D eigenvalue weighted by Gasteiger charge is 2.25. The van der Waals surface area contributed by atoms with Crippen molar-refractivity contribution in [2.45, 2.75) is 0 Å². The van der Waals surface area contributed by atoms with Gasteiger partial charge in [-0.2, -0.15) is 15.3 Å². The van der Waals surface area contributed by atoms with Gasteiger partial charge in [0.15, 0.2) is 17.5 Å². The van der Waals surface area contributed by atoms with Gasteiger partial charge in [0.05, 0.1) is 5.56 Å². The number of aromatic nitrogens is 9. The summed E-state index contributed by atoms with van der Waals surface area (Å²) in [6, 6.07) is 27.4. The van der Waals surface area contributed by atoms with E-state index in [1.54, 1.807) is 67.7 Å². The monoisotopic (exact) mass is 986 g/mol. The first-order valence-corrected chi connectivity index (χ1v) is 22.8. The zero-order valence-corrected chi connectivity index (χ0v) is 40.1. The highest BCUT2D eigenvalue weighted by atomic mass is 19.1. The average Bonchev–Trinajstić information content (AvgIpc) is 4.13. The Morgan fingerprint density at radius 1 is 0.548 bits per heavy atom. The summed E-state index contributed by atoms with van der Waals surface area (Å²) >= 11 is 0. The molecule has 10 rings (SSSR count). The standard InChI is InChI=1S/C20H21FN6O.C17H15FN4O.C16H13FN4O/c1-26-10-12-27(13-11-26)19-17(14-6-8-22-9-7-14)18(24-25-19)23-20(28)15-2-4-16(21)5-3-15;1-21-11-15(12-7-9-19-10-8-12)16(20-21)22(2)17(23)13-3-5-14(18)6-4-13;1-21-10-14(11-6-8-18-9-7-11)15(20-21)19-16(22)12-2-4-13(17)5-3-12/h2-9H,10-13H2,1H3,(H2,23,24,25,28);3-11H,1-2H3;2-10H,1H3,(H,19,20,22). The summed E-state index contributed by atoms with van der Waals surface area (Å²) in [7, 11) is 7.32. The highest BCUT2D eigenvalue weighted by Crippen LogP contribution is 2.36. The van der Waals surface area contributed by atoms with Crippen LogP contribution in [0.5, 0.6) is 0 Å². The lowest BCUT2D eigenvalue weighted by molar-refractivity contribution is 0.0989. The van der Waals surface area contributed by atoms with Gasteiger partial charge in [-0.25, -0.2) is 13.2 Å². The lowest BCUT2D eigenvalue weighted by Crippen LogP contribution is -2.44. The molecule has 3 aromatic carbocycles. The van der Waals surface area contributed by atoms with Crippen LogP contribution in [0.15, 0.2) is 159 Å². The van der Waals surface area contributed by atoms with Gasteiger partial charge in [-0.3, -0.25) is 48.7 Å². The maximum absolute atomic E-state index is 13.1. The van der Waals surface area contributed by atoms with Crippen molar-refractivity contribution in [3.8, 4) is 33.4 Å². The molecule has 1 fully saturated rings. The van der Waals surface area contributed by atoms with Crippen LogP contribution in [0, 0.1) is 17.5 Å². The molecule has 0 bridgehead atoms. The Labute approximate surface area is 418 Å². The molecular weight excluding hydrogens is 938 g/mol. The van der Waals surface area contributed by atoms with Gasteiger partial charge in [-0.1, -0.05) is 0 Å². The Hall–Kier alpha value is -9.30. The zero-order valence-electron chi connectivity index (χ0n) is 40.1. The normalized spacial score (nSPS) is 12.2. The molecule has 6 aromatic heterocycles. The lowest BCUT2D eigenvalue weighted by Gasteiger charge is -2.33. The van der Waals surface area contributed by atoms with Crippen molar-refractivity contribution < 1.29 is 27.6 Å². The molecule has 1 aliphatic rings. The number of halogens is 3. The fourth-order valence-electron chi connectivity index (χ4n) is 7.70. The molecule has 1 saturated heterocycles.